The molecule has 110 valence electrons. The number of benzene rings is 1. The maximum absolute atomic E-state index is 12.1. The van der Waals surface area contributed by atoms with Gasteiger partial charge in [-0.25, -0.2) is 4.98 Å². The van der Waals surface area contributed by atoms with Crippen molar-refractivity contribution in [3.8, 4) is 0 Å². The second-order valence-electron chi connectivity index (χ2n) is 4.65. The number of amides is 1. The van der Waals surface area contributed by atoms with Gasteiger partial charge >= 0.3 is 0 Å². The summed E-state index contributed by atoms with van der Waals surface area (Å²) in [7, 11) is 0. The molecular formula is C16H18ClN3O. The van der Waals surface area contributed by atoms with Crippen LogP contribution in [-0.2, 0) is 0 Å². The quantitative estimate of drug-likeness (QED) is 0.786. The number of nitrogens with zero attached hydrogens (tertiary/aromatic N) is 1. The normalized spacial score (nSPS) is 10.2. The molecule has 1 heterocycles. The number of hydrogen-bond acceptors (Lipinski definition) is 3. The standard InChI is InChI=1S/C16H18ClN3O/c1-2-3-10-18-12-8-9-15(19-11-12)20-16(21)13-6-4-5-7-14(13)17/h4-9,11,18H,2-3,10H2,1H3,(H,19,20,21). The van der Waals surface area contributed by atoms with Crippen LogP contribution in [-0.4, -0.2) is 17.4 Å². The van der Waals surface area contributed by atoms with Crippen LogP contribution in [0.2, 0.25) is 5.02 Å². The molecule has 1 aromatic carbocycles. The Kier molecular flexibility index (Phi) is 5.58. The van der Waals surface area contributed by atoms with E-state index in [0.29, 0.717) is 16.4 Å². The summed E-state index contributed by atoms with van der Waals surface area (Å²) in [6.45, 7) is 3.07. The van der Waals surface area contributed by atoms with Crippen molar-refractivity contribution in [3.63, 3.8) is 0 Å². The fraction of sp³-hybridized carbons (Fsp3) is 0.250. The zero-order chi connectivity index (χ0) is 15.1. The van der Waals surface area contributed by atoms with E-state index in [4.69, 9.17) is 11.6 Å². The maximum atomic E-state index is 12.1. The monoisotopic (exact) mass is 303 g/mol. The van der Waals surface area contributed by atoms with Gasteiger partial charge in [-0.15, -0.1) is 0 Å². The van der Waals surface area contributed by atoms with E-state index in [1.165, 1.54) is 0 Å². The van der Waals surface area contributed by atoms with E-state index in [2.05, 4.69) is 22.5 Å². The van der Waals surface area contributed by atoms with Crippen LogP contribution in [0, 0.1) is 0 Å². The summed E-state index contributed by atoms with van der Waals surface area (Å²) < 4.78 is 0. The van der Waals surface area contributed by atoms with Crippen molar-refractivity contribution < 1.29 is 4.79 Å². The highest BCUT2D eigenvalue weighted by Crippen LogP contribution is 2.17. The van der Waals surface area contributed by atoms with Gasteiger partial charge < -0.3 is 10.6 Å². The summed E-state index contributed by atoms with van der Waals surface area (Å²) in [6.07, 6.45) is 3.97. The lowest BCUT2D eigenvalue weighted by atomic mass is 10.2. The highest BCUT2D eigenvalue weighted by Gasteiger charge is 2.10. The molecule has 0 fully saturated rings. The number of carbonyl (C=O) groups is 1. The van der Waals surface area contributed by atoms with E-state index in [9.17, 15) is 4.79 Å². The van der Waals surface area contributed by atoms with Crippen LogP contribution < -0.4 is 10.6 Å². The molecule has 0 spiro atoms. The van der Waals surface area contributed by atoms with Gasteiger partial charge in [0.1, 0.15) is 5.82 Å². The molecule has 0 aliphatic heterocycles. The van der Waals surface area contributed by atoms with E-state index < -0.39 is 0 Å². The molecule has 0 saturated carbocycles. The molecule has 2 aromatic rings. The molecule has 0 radical (unpaired) electrons. The number of halogens is 1. The minimum atomic E-state index is -0.264. The third kappa shape index (κ3) is 4.46. The second kappa shape index (κ2) is 7.64. The van der Waals surface area contributed by atoms with Crippen LogP contribution >= 0.6 is 11.6 Å². The first kappa shape index (κ1) is 15.3. The summed E-state index contributed by atoms with van der Waals surface area (Å²) in [4.78, 5) is 16.3. The Hall–Kier alpha value is -2.07. The van der Waals surface area contributed by atoms with Crippen molar-refractivity contribution in [1.82, 2.24) is 4.98 Å². The number of unbranched alkanes of at least 4 members (excludes halogenated alkanes) is 1. The summed E-state index contributed by atoms with van der Waals surface area (Å²) in [5.41, 5.74) is 1.38. The highest BCUT2D eigenvalue weighted by molar-refractivity contribution is 6.34. The zero-order valence-electron chi connectivity index (χ0n) is 11.9. The van der Waals surface area contributed by atoms with Gasteiger partial charge in [-0.3, -0.25) is 4.79 Å². The smallest absolute Gasteiger partial charge is 0.258 e. The molecule has 0 aliphatic rings. The van der Waals surface area contributed by atoms with Crippen LogP contribution in [0.15, 0.2) is 42.6 Å². The Morgan fingerprint density at radius 2 is 2.05 bits per heavy atom. The van der Waals surface area contributed by atoms with E-state index in [1.807, 2.05) is 6.07 Å². The van der Waals surface area contributed by atoms with E-state index in [-0.39, 0.29) is 5.91 Å². The van der Waals surface area contributed by atoms with Crippen molar-refractivity contribution in [3.05, 3.63) is 53.2 Å². The largest absolute Gasteiger partial charge is 0.384 e. The van der Waals surface area contributed by atoms with Gasteiger partial charge in [0.15, 0.2) is 0 Å². The van der Waals surface area contributed by atoms with Gasteiger partial charge in [-0.2, -0.15) is 0 Å². The Balaban J connectivity index is 1.97. The fourth-order valence-corrected chi connectivity index (χ4v) is 2.03. The third-order valence-electron chi connectivity index (χ3n) is 2.98. The van der Waals surface area contributed by atoms with Gasteiger partial charge in [0.05, 0.1) is 22.5 Å². The molecular weight excluding hydrogens is 286 g/mol. The predicted molar refractivity (Wildman–Crippen MR) is 87.0 cm³/mol. The Morgan fingerprint density at radius 1 is 1.24 bits per heavy atom. The number of anilines is 2. The lowest BCUT2D eigenvalue weighted by Crippen LogP contribution is -2.13. The molecule has 2 N–H and O–H groups in total. The molecule has 0 atom stereocenters. The Morgan fingerprint density at radius 3 is 2.71 bits per heavy atom. The summed E-state index contributed by atoms with van der Waals surface area (Å²) in [6, 6.07) is 10.6. The lowest BCUT2D eigenvalue weighted by molar-refractivity contribution is 0.102. The van der Waals surface area contributed by atoms with Crippen LogP contribution in [0.3, 0.4) is 0 Å². The van der Waals surface area contributed by atoms with Crippen LogP contribution in [0.4, 0.5) is 11.5 Å². The molecule has 21 heavy (non-hydrogen) atoms. The molecule has 1 amide bonds. The summed E-state index contributed by atoms with van der Waals surface area (Å²) in [5, 5.41) is 6.43. The highest BCUT2D eigenvalue weighted by atomic mass is 35.5. The van der Waals surface area contributed by atoms with E-state index in [0.717, 1.165) is 25.1 Å². The third-order valence-corrected chi connectivity index (χ3v) is 3.31. The number of pyridine rings is 1. The fourth-order valence-electron chi connectivity index (χ4n) is 1.81. The number of rotatable bonds is 6. The van der Waals surface area contributed by atoms with Gasteiger partial charge in [0.2, 0.25) is 0 Å². The van der Waals surface area contributed by atoms with Crippen molar-refractivity contribution in [1.29, 1.82) is 0 Å². The molecule has 4 nitrogen and oxygen atoms in total. The average molecular weight is 304 g/mol. The molecule has 0 saturated heterocycles. The maximum Gasteiger partial charge on any atom is 0.258 e. The van der Waals surface area contributed by atoms with E-state index in [1.54, 1.807) is 36.5 Å². The number of carbonyl (C=O) groups excluding carboxylic acids is 1. The first-order valence-electron chi connectivity index (χ1n) is 6.96. The topological polar surface area (TPSA) is 54.0 Å². The zero-order valence-corrected chi connectivity index (χ0v) is 12.7. The SMILES string of the molecule is CCCCNc1ccc(NC(=O)c2ccccc2Cl)nc1. The first-order chi connectivity index (χ1) is 10.2. The molecule has 0 unspecified atom stereocenters. The van der Waals surface area contributed by atoms with Gasteiger partial charge in [0, 0.05) is 6.54 Å². The average Bonchev–Trinajstić information content (AvgIpc) is 2.49. The van der Waals surface area contributed by atoms with E-state index >= 15 is 0 Å². The van der Waals surface area contributed by atoms with Crippen molar-refractivity contribution in [2.45, 2.75) is 19.8 Å². The first-order valence-corrected chi connectivity index (χ1v) is 7.34. The van der Waals surface area contributed by atoms with Gasteiger partial charge in [-0.05, 0) is 30.7 Å². The summed E-state index contributed by atoms with van der Waals surface area (Å²) >= 11 is 5.99. The molecule has 0 bridgehead atoms. The predicted octanol–water partition coefficient (Wildman–Crippen LogP) is 4.20. The van der Waals surface area contributed by atoms with Crippen molar-refractivity contribution in [2.24, 2.45) is 0 Å². The minimum Gasteiger partial charge on any atom is -0.384 e. The number of aromatic nitrogens is 1. The van der Waals surface area contributed by atoms with Gasteiger partial charge in [-0.1, -0.05) is 37.1 Å². The van der Waals surface area contributed by atoms with Crippen LogP contribution in [0.25, 0.3) is 0 Å². The lowest BCUT2D eigenvalue weighted by Gasteiger charge is -2.08. The number of nitrogens with one attached hydrogen (secondary N) is 2. The van der Waals surface area contributed by atoms with Crippen LogP contribution in [0.5, 0.6) is 0 Å². The second-order valence-corrected chi connectivity index (χ2v) is 5.05. The van der Waals surface area contributed by atoms with Crippen molar-refractivity contribution >= 4 is 29.0 Å². The van der Waals surface area contributed by atoms with Crippen LogP contribution in [0.1, 0.15) is 30.1 Å². The Labute approximate surface area is 129 Å². The molecule has 1 aromatic heterocycles. The molecule has 5 heteroatoms. The van der Waals surface area contributed by atoms with Crippen molar-refractivity contribution in [2.75, 3.05) is 17.2 Å². The molecule has 0 aliphatic carbocycles. The molecule has 2 rings (SSSR count). The van der Waals surface area contributed by atoms with Gasteiger partial charge in [0.25, 0.3) is 5.91 Å². The Bertz CT molecular complexity index is 599. The number of hydrogen-bond donors (Lipinski definition) is 2. The summed E-state index contributed by atoms with van der Waals surface area (Å²) in [5.74, 6) is 0.237. The minimum absolute atomic E-state index is 0.264.